The van der Waals surface area contributed by atoms with E-state index in [4.69, 9.17) is 50.4 Å². The molecule has 14 nitrogen and oxygen atoms in total. The molecule has 0 aliphatic carbocycles. The fraction of sp³-hybridized carbons (Fsp3) is 0.220. The number of rotatable bonds is 24. The Kier molecular flexibility index (Phi) is 18.7. The summed E-state index contributed by atoms with van der Waals surface area (Å²) >= 11 is 0. The number of carbonyl (C=O) groups is 3. The van der Waals surface area contributed by atoms with Gasteiger partial charge in [0.05, 0.1) is 48.9 Å². The van der Waals surface area contributed by atoms with Crippen LogP contribution in [0, 0.1) is 22.7 Å². The first-order valence-electron chi connectivity index (χ1n) is 20.5. The molecule has 64 heavy (non-hydrogen) atoms. The predicted molar refractivity (Wildman–Crippen MR) is 243 cm³/mol. The summed E-state index contributed by atoms with van der Waals surface area (Å²) in [6.45, 7) is 1.68. The smallest absolute Gasteiger partial charge is 0.343 e. The Morgan fingerprint density at radius 2 is 1.11 bits per heavy atom. The minimum Gasteiger partial charge on any atom is -0.494 e. The number of carbonyl (C=O) groups excluding carboxylic acids is 3. The number of esters is 3. The van der Waals surface area contributed by atoms with Gasteiger partial charge >= 0.3 is 17.9 Å². The van der Waals surface area contributed by atoms with Crippen molar-refractivity contribution in [1.29, 1.82) is 10.5 Å². The Balaban J connectivity index is 0.970. The molecule has 0 aromatic heterocycles. The van der Waals surface area contributed by atoms with Crippen molar-refractivity contribution in [2.24, 2.45) is 0 Å². The molecule has 0 bridgehead atoms. The van der Waals surface area contributed by atoms with Crippen molar-refractivity contribution in [3.8, 4) is 35.1 Å². The van der Waals surface area contributed by atoms with Crippen molar-refractivity contribution in [1.82, 2.24) is 0 Å². The van der Waals surface area contributed by atoms with Crippen molar-refractivity contribution in [2.75, 3.05) is 49.8 Å². The van der Waals surface area contributed by atoms with Crippen LogP contribution in [-0.4, -0.2) is 50.9 Å². The number of nitrogen functional groups attached to an aromatic ring is 2. The number of nitrogens with two attached hydrogens (primary N) is 2. The van der Waals surface area contributed by atoms with Gasteiger partial charge in [-0.3, -0.25) is 0 Å². The molecule has 5 N–H and O–H groups in total. The molecule has 0 saturated carbocycles. The van der Waals surface area contributed by atoms with E-state index >= 15 is 0 Å². The Morgan fingerprint density at radius 1 is 0.594 bits per heavy atom. The number of nitriles is 2. The summed E-state index contributed by atoms with van der Waals surface area (Å²) in [5, 5.41) is 20.4. The lowest BCUT2D eigenvalue weighted by Crippen LogP contribution is -2.15. The molecule has 0 amide bonds. The van der Waals surface area contributed by atoms with Gasteiger partial charge in [0.15, 0.2) is 0 Å². The zero-order valence-electron chi connectivity index (χ0n) is 35.2. The van der Waals surface area contributed by atoms with Crippen LogP contribution in [0.3, 0.4) is 0 Å². The Labute approximate surface area is 372 Å². The third-order valence-corrected chi connectivity index (χ3v) is 9.27. The van der Waals surface area contributed by atoms with Gasteiger partial charge in [0.1, 0.15) is 36.2 Å². The molecule has 0 fully saturated rings. The van der Waals surface area contributed by atoms with Crippen molar-refractivity contribution in [3.05, 3.63) is 149 Å². The van der Waals surface area contributed by atoms with Gasteiger partial charge in [-0.15, -0.1) is 0 Å². The van der Waals surface area contributed by atoms with Gasteiger partial charge in [-0.05, 0) is 114 Å². The van der Waals surface area contributed by atoms with Gasteiger partial charge in [0, 0.05) is 49.2 Å². The highest BCUT2D eigenvalue weighted by atomic mass is 16.5. The molecule has 0 saturated heterocycles. The average Bonchev–Trinajstić information content (AvgIpc) is 3.31. The van der Waals surface area contributed by atoms with Crippen LogP contribution in [0.15, 0.2) is 121 Å². The quantitative estimate of drug-likeness (QED) is 0.0174. The maximum Gasteiger partial charge on any atom is 0.343 e. The number of anilines is 3. The van der Waals surface area contributed by atoms with E-state index in [2.05, 4.69) is 17.5 Å². The van der Waals surface area contributed by atoms with E-state index in [-0.39, 0.29) is 26.2 Å². The SMILES string of the molecule is N#CCCCOc1ccc(COc2ccc(/C=C/C(=O)OCCc3c(N)ccc(NCCOC(=O)/C=C/c4ccc(OC(=O)c5ccc(OCCCC#N)cc5)cc4)c3N)cc2)cc1. The fourth-order valence-corrected chi connectivity index (χ4v) is 5.84. The first-order chi connectivity index (χ1) is 31.2. The Morgan fingerprint density at radius 3 is 1.69 bits per heavy atom. The summed E-state index contributed by atoms with van der Waals surface area (Å²) < 4.78 is 33.2. The molecule has 5 aromatic carbocycles. The van der Waals surface area contributed by atoms with Crippen molar-refractivity contribution in [3.63, 3.8) is 0 Å². The minimum absolute atomic E-state index is 0.0529. The average molecular weight is 864 g/mol. The molecule has 5 aromatic rings. The van der Waals surface area contributed by atoms with Crippen LogP contribution in [0.4, 0.5) is 17.1 Å². The monoisotopic (exact) mass is 863 g/mol. The number of nitrogens with one attached hydrogen (secondary N) is 1. The number of unbranched alkanes of at least 4 members (excludes halogenated alkanes) is 2. The molecule has 0 spiro atoms. The Bertz CT molecular complexity index is 2440. The van der Waals surface area contributed by atoms with E-state index in [1.165, 1.54) is 12.2 Å². The lowest BCUT2D eigenvalue weighted by molar-refractivity contribution is -0.138. The number of benzene rings is 5. The van der Waals surface area contributed by atoms with E-state index < -0.39 is 17.9 Å². The standard InChI is InChI=1S/C50H49N5O9/c51-28-1-3-31-59-40-17-9-38(10-18-40)35-63-42-15-5-36(6-16-42)11-25-47(56)61-33-27-44-45(53)23-24-46(49(44)54)55-30-34-62-48(57)26-12-37-7-19-43(20-8-37)64-50(58)39-13-21-41(22-14-39)60-32-4-2-29-52/h5-26,55H,1-4,27,30-35,53-54H2/b25-11+,26-12+. The van der Waals surface area contributed by atoms with E-state index in [1.807, 2.05) is 48.5 Å². The highest BCUT2D eigenvalue weighted by Crippen LogP contribution is 2.29. The van der Waals surface area contributed by atoms with Crippen LogP contribution in [0.2, 0.25) is 0 Å². The molecule has 0 heterocycles. The minimum atomic E-state index is -0.548. The normalized spacial score (nSPS) is 10.7. The lowest BCUT2D eigenvalue weighted by Gasteiger charge is -2.15. The second-order valence-electron chi connectivity index (χ2n) is 14.0. The summed E-state index contributed by atoms with van der Waals surface area (Å²) in [7, 11) is 0. The molecule has 0 unspecified atom stereocenters. The number of hydrogen-bond donors (Lipinski definition) is 3. The molecule has 328 valence electrons. The van der Waals surface area contributed by atoms with Crippen LogP contribution in [0.25, 0.3) is 12.2 Å². The molecule has 14 heteroatoms. The summed E-state index contributed by atoms with van der Waals surface area (Å²) in [6, 6.07) is 35.7. The lowest BCUT2D eigenvalue weighted by atomic mass is 10.1. The molecule has 0 radical (unpaired) electrons. The molecule has 5 rings (SSSR count). The van der Waals surface area contributed by atoms with Gasteiger partial charge in [-0.1, -0.05) is 36.4 Å². The topological polar surface area (TPSA) is 218 Å². The highest BCUT2D eigenvalue weighted by Gasteiger charge is 2.12. The fourth-order valence-electron chi connectivity index (χ4n) is 5.84. The summed E-state index contributed by atoms with van der Waals surface area (Å²) in [6.07, 6.45) is 8.36. The molecule has 0 aliphatic heterocycles. The summed E-state index contributed by atoms with van der Waals surface area (Å²) in [5.41, 5.74) is 17.5. The molecular weight excluding hydrogens is 815 g/mol. The van der Waals surface area contributed by atoms with E-state index in [0.29, 0.717) is 96.5 Å². The van der Waals surface area contributed by atoms with Crippen molar-refractivity contribution in [2.45, 2.75) is 38.7 Å². The first-order valence-corrected chi connectivity index (χ1v) is 20.5. The van der Waals surface area contributed by atoms with Crippen LogP contribution < -0.4 is 35.7 Å². The second kappa shape index (κ2) is 25.5. The number of nitrogens with zero attached hydrogens (tertiary/aromatic N) is 2. The largest absolute Gasteiger partial charge is 0.494 e. The van der Waals surface area contributed by atoms with E-state index in [9.17, 15) is 14.4 Å². The second-order valence-corrected chi connectivity index (χ2v) is 14.0. The summed E-state index contributed by atoms with van der Waals surface area (Å²) in [4.78, 5) is 37.4. The first kappa shape index (κ1) is 46.8. The van der Waals surface area contributed by atoms with Crippen LogP contribution in [-0.2, 0) is 32.1 Å². The molecule has 0 atom stereocenters. The van der Waals surface area contributed by atoms with Crippen molar-refractivity contribution >= 4 is 47.1 Å². The van der Waals surface area contributed by atoms with E-state index in [1.54, 1.807) is 72.8 Å². The zero-order valence-corrected chi connectivity index (χ0v) is 35.2. The summed E-state index contributed by atoms with van der Waals surface area (Å²) in [5.74, 6) is 0.762. The van der Waals surface area contributed by atoms with Crippen molar-refractivity contribution < 1.29 is 42.8 Å². The molecule has 0 aliphatic rings. The maximum absolute atomic E-state index is 12.6. The van der Waals surface area contributed by atoms with Crippen LogP contribution in [0.1, 0.15) is 58.3 Å². The number of hydrogen-bond acceptors (Lipinski definition) is 14. The van der Waals surface area contributed by atoms with Crippen LogP contribution in [0.5, 0.6) is 23.0 Å². The van der Waals surface area contributed by atoms with Gasteiger partial charge < -0.3 is 45.2 Å². The zero-order chi connectivity index (χ0) is 45.4. The van der Waals surface area contributed by atoms with Gasteiger partial charge in [-0.2, -0.15) is 10.5 Å². The van der Waals surface area contributed by atoms with Gasteiger partial charge in [0.25, 0.3) is 0 Å². The predicted octanol–water partition coefficient (Wildman–Crippen LogP) is 8.48. The third kappa shape index (κ3) is 16.0. The van der Waals surface area contributed by atoms with E-state index in [0.717, 1.165) is 16.9 Å². The molecular formula is C50H49N5O9. The highest BCUT2D eigenvalue weighted by molar-refractivity contribution is 5.91. The van der Waals surface area contributed by atoms with Crippen LogP contribution >= 0.6 is 0 Å². The Hall–Kier alpha value is -8.23. The van der Waals surface area contributed by atoms with Gasteiger partial charge in [-0.25, -0.2) is 14.4 Å². The third-order valence-electron chi connectivity index (χ3n) is 9.27. The van der Waals surface area contributed by atoms with Gasteiger partial charge in [0.2, 0.25) is 0 Å². The number of ether oxygens (including phenoxy) is 6. The maximum atomic E-state index is 12.6.